The molecule has 0 heterocycles. The largest absolute Gasteiger partial charge is 0.392 e. The molecule has 2 rings (SSSR count). The van der Waals surface area contributed by atoms with Gasteiger partial charge in [-0.3, -0.25) is 0 Å². The van der Waals surface area contributed by atoms with E-state index < -0.39 is 0 Å². The Hall–Kier alpha value is -0.860. The maximum Gasteiger partial charge on any atom is 0.0664 e. The third-order valence-corrected chi connectivity index (χ3v) is 3.49. The van der Waals surface area contributed by atoms with Crippen LogP contribution in [0.2, 0.25) is 0 Å². The standard InChI is InChI=1S/C15H23NO/c1-2-4-15(17)11-16-10-12-7-8-13-5-3-6-14(13)9-12/h7-9,15-17H,2-6,10-11H2,1H3. The van der Waals surface area contributed by atoms with E-state index in [0.717, 1.165) is 19.4 Å². The van der Waals surface area contributed by atoms with Gasteiger partial charge in [0.1, 0.15) is 0 Å². The zero-order valence-corrected chi connectivity index (χ0v) is 10.7. The summed E-state index contributed by atoms with van der Waals surface area (Å²) >= 11 is 0. The van der Waals surface area contributed by atoms with Crippen LogP contribution >= 0.6 is 0 Å². The molecule has 94 valence electrons. The molecule has 0 saturated heterocycles. The molecule has 0 aromatic heterocycles. The highest BCUT2D eigenvalue weighted by Crippen LogP contribution is 2.22. The second kappa shape index (κ2) is 6.18. The van der Waals surface area contributed by atoms with Crippen LogP contribution in [-0.4, -0.2) is 17.8 Å². The first kappa shape index (κ1) is 12.6. The van der Waals surface area contributed by atoms with Crippen LogP contribution in [0.4, 0.5) is 0 Å². The Morgan fingerprint density at radius 3 is 2.94 bits per heavy atom. The Bertz CT molecular complexity index is 362. The molecule has 0 aliphatic heterocycles. The van der Waals surface area contributed by atoms with Gasteiger partial charge in [0.2, 0.25) is 0 Å². The van der Waals surface area contributed by atoms with Gasteiger partial charge in [0.15, 0.2) is 0 Å². The highest BCUT2D eigenvalue weighted by molar-refractivity contribution is 5.35. The predicted molar refractivity (Wildman–Crippen MR) is 71.1 cm³/mol. The average molecular weight is 233 g/mol. The van der Waals surface area contributed by atoms with E-state index in [1.807, 2.05) is 0 Å². The van der Waals surface area contributed by atoms with Crippen LogP contribution in [0.1, 0.15) is 42.9 Å². The van der Waals surface area contributed by atoms with E-state index in [4.69, 9.17) is 0 Å². The van der Waals surface area contributed by atoms with Crippen molar-refractivity contribution in [2.75, 3.05) is 6.54 Å². The zero-order valence-electron chi connectivity index (χ0n) is 10.7. The number of aryl methyl sites for hydroxylation is 2. The van der Waals surface area contributed by atoms with Crippen LogP contribution in [0.3, 0.4) is 0 Å². The summed E-state index contributed by atoms with van der Waals surface area (Å²) in [5.74, 6) is 0. The van der Waals surface area contributed by atoms with E-state index in [-0.39, 0.29) is 6.10 Å². The van der Waals surface area contributed by atoms with Crippen LogP contribution in [0, 0.1) is 0 Å². The first-order valence-electron chi connectivity index (χ1n) is 6.79. The van der Waals surface area contributed by atoms with E-state index >= 15 is 0 Å². The third kappa shape index (κ3) is 3.55. The molecule has 2 nitrogen and oxygen atoms in total. The van der Waals surface area contributed by atoms with Crippen molar-refractivity contribution in [3.63, 3.8) is 0 Å². The molecule has 0 bridgehead atoms. The van der Waals surface area contributed by atoms with Crippen molar-refractivity contribution in [3.8, 4) is 0 Å². The summed E-state index contributed by atoms with van der Waals surface area (Å²) in [7, 11) is 0. The fourth-order valence-corrected chi connectivity index (χ4v) is 2.55. The van der Waals surface area contributed by atoms with Crippen LogP contribution in [-0.2, 0) is 19.4 Å². The average Bonchev–Trinajstić information content (AvgIpc) is 2.76. The maximum absolute atomic E-state index is 9.62. The Kier molecular flexibility index (Phi) is 4.57. The number of aliphatic hydroxyl groups excluding tert-OH is 1. The Labute approximate surface area is 104 Å². The van der Waals surface area contributed by atoms with Gasteiger partial charge in [-0.05, 0) is 42.4 Å². The van der Waals surface area contributed by atoms with Crippen molar-refractivity contribution in [1.82, 2.24) is 5.32 Å². The molecule has 1 aromatic carbocycles. The van der Waals surface area contributed by atoms with Crippen molar-refractivity contribution in [1.29, 1.82) is 0 Å². The number of hydrogen-bond donors (Lipinski definition) is 2. The summed E-state index contributed by atoms with van der Waals surface area (Å²) in [6.07, 6.45) is 5.52. The van der Waals surface area contributed by atoms with Gasteiger partial charge in [-0.25, -0.2) is 0 Å². The van der Waals surface area contributed by atoms with Crippen LogP contribution < -0.4 is 5.32 Å². The van der Waals surface area contributed by atoms with Crippen LogP contribution in [0.25, 0.3) is 0 Å². The van der Waals surface area contributed by atoms with Gasteiger partial charge >= 0.3 is 0 Å². The number of aliphatic hydroxyl groups is 1. The molecule has 17 heavy (non-hydrogen) atoms. The second-order valence-corrected chi connectivity index (χ2v) is 5.03. The van der Waals surface area contributed by atoms with Gasteiger partial charge in [0.05, 0.1) is 6.10 Å². The van der Waals surface area contributed by atoms with E-state index in [1.165, 1.54) is 36.0 Å². The maximum atomic E-state index is 9.62. The molecule has 2 N–H and O–H groups in total. The summed E-state index contributed by atoms with van der Waals surface area (Å²) in [5, 5.41) is 12.9. The lowest BCUT2D eigenvalue weighted by Gasteiger charge is -2.11. The minimum Gasteiger partial charge on any atom is -0.392 e. The fraction of sp³-hybridized carbons (Fsp3) is 0.600. The van der Waals surface area contributed by atoms with E-state index in [2.05, 4.69) is 30.4 Å². The second-order valence-electron chi connectivity index (χ2n) is 5.03. The zero-order chi connectivity index (χ0) is 12.1. The van der Waals surface area contributed by atoms with Gasteiger partial charge in [0.25, 0.3) is 0 Å². The molecule has 1 aromatic rings. The Morgan fingerprint density at radius 1 is 1.29 bits per heavy atom. The normalized spacial score (nSPS) is 15.9. The van der Waals surface area contributed by atoms with Crippen molar-refractivity contribution in [3.05, 3.63) is 34.9 Å². The van der Waals surface area contributed by atoms with Gasteiger partial charge in [-0.2, -0.15) is 0 Å². The van der Waals surface area contributed by atoms with Crippen molar-refractivity contribution < 1.29 is 5.11 Å². The summed E-state index contributed by atoms with van der Waals surface area (Å²) in [4.78, 5) is 0. The van der Waals surface area contributed by atoms with E-state index in [1.54, 1.807) is 0 Å². The van der Waals surface area contributed by atoms with Crippen molar-refractivity contribution in [2.24, 2.45) is 0 Å². The molecule has 1 atom stereocenters. The highest BCUT2D eigenvalue weighted by atomic mass is 16.3. The lowest BCUT2D eigenvalue weighted by Crippen LogP contribution is -2.26. The minimum atomic E-state index is -0.200. The summed E-state index contributed by atoms with van der Waals surface area (Å²) in [6.45, 7) is 3.67. The number of hydrogen-bond acceptors (Lipinski definition) is 2. The smallest absolute Gasteiger partial charge is 0.0664 e. The quantitative estimate of drug-likeness (QED) is 0.791. The Balaban J connectivity index is 1.79. The van der Waals surface area contributed by atoms with Gasteiger partial charge in [0, 0.05) is 13.1 Å². The third-order valence-electron chi connectivity index (χ3n) is 3.49. The molecule has 0 saturated carbocycles. The topological polar surface area (TPSA) is 32.3 Å². The molecular weight excluding hydrogens is 210 g/mol. The van der Waals surface area contributed by atoms with Gasteiger partial charge in [-0.1, -0.05) is 31.5 Å². The monoisotopic (exact) mass is 233 g/mol. The molecule has 2 heteroatoms. The number of rotatable bonds is 6. The minimum absolute atomic E-state index is 0.200. The number of nitrogens with one attached hydrogen (secondary N) is 1. The molecule has 0 spiro atoms. The lowest BCUT2D eigenvalue weighted by atomic mass is 10.1. The first-order chi connectivity index (χ1) is 8.29. The molecule has 1 unspecified atom stereocenters. The van der Waals surface area contributed by atoms with E-state index in [9.17, 15) is 5.11 Å². The lowest BCUT2D eigenvalue weighted by molar-refractivity contribution is 0.160. The fourth-order valence-electron chi connectivity index (χ4n) is 2.55. The molecule has 0 amide bonds. The first-order valence-corrected chi connectivity index (χ1v) is 6.79. The highest BCUT2D eigenvalue weighted by Gasteiger charge is 2.10. The van der Waals surface area contributed by atoms with Crippen LogP contribution in [0.5, 0.6) is 0 Å². The summed E-state index contributed by atoms with van der Waals surface area (Å²) < 4.78 is 0. The van der Waals surface area contributed by atoms with Gasteiger partial charge in [-0.15, -0.1) is 0 Å². The molecule has 1 aliphatic carbocycles. The Morgan fingerprint density at radius 2 is 2.12 bits per heavy atom. The van der Waals surface area contributed by atoms with Crippen LogP contribution in [0.15, 0.2) is 18.2 Å². The summed E-state index contributed by atoms with van der Waals surface area (Å²) in [6, 6.07) is 6.80. The van der Waals surface area contributed by atoms with Gasteiger partial charge < -0.3 is 10.4 Å². The summed E-state index contributed by atoms with van der Waals surface area (Å²) in [5.41, 5.74) is 4.40. The molecule has 0 radical (unpaired) electrons. The molecular formula is C15H23NO. The predicted octanol–water partition coefficient (Wildman–Crippen LogP) is 2.43. The van der Waals surface area contributed by atoms with E-state index in [0.29, 0.717) is 6.54 Å². The number of fused-ring (bicyclic) bond motifs is 1. The van der Waals surface area contributed by atoms with Crippen molar-refractivity contribution in [2.45, 2.75) is 51.7 Å². The molecule has 1 aliphatic rings. The van der Waals surface area contributed by atoms with Crippen molar-refractivity contribution >= 4 is 0 Å². The SMILES string of the molecule is CCCC(O)CNCc1ccc2c(c1)CCC2. The number of benzene rings is 1. The molecule has 0 fully saturated rings.